The van der Waals surface area contributed by atoms with Crippen LogP contribution in [0.25, 0.3) is 17.2 Å². The summed E-state index contributed by atoms with van der Waals surface area (Å²) in [5, 5.41) is 4.67. The van der Waals surface area contributed by atoms with Crippen molar-refractivity contribution in [3.05, 3.63) is 41.2 Å². The van der Waals surface area contributed by atoms with Crippen LogP contribution in [0.3, 0.4) is 0 Å². The van der Waals surface area contributed by atoms with Gasteiger partial charge in [-0.3, -0.25) is 4.57 Å². The second-order valence-corrected chi connectivity index (χ2v) is 4.76. The molecule has 0 radical (unpaired) electrons. The van der Waals surface area contributed by atoms with E-state index in [0.29, 0.717) is 6.54 Å². The quantitative estimate of drug-likeness (QED) is 0.759. The average molecular weight is 255 g/mol. The summed E-state index contributed by atoms with van der Waals surface area (Å²) in [4.78, 5) is 4.54. The van der Waals surface area contributed by atoms with Crippen LogP contribution in [0.4, 0.5) is 0 Å². The Hall–Kier alpha value is -2.14. The molecule has 0 atom stereocenters. The van der Waals surface area contributed by atoms with Crippen molar-refractivity contribution in [2.75, 3.05) is 0 Å². The minimum atomic E-state index is 0.442. The van der Waals surface area contributed by atoms with Crippen LogP contribution < -0.4 is 5.73 Å². The van der Waals surface area contributed by atoms with Crippen LogP contribution in [0.15, 0.2) is 24.3 Å². The van der Waals surface area contributed by atoms with E-state index in [4.69, 9.17) is 5.73 Å². The lowest BCUT2D eigenvalue weighted by Crippen LogP contribution is -2.03. The van der Waals surface area contributed by atoms with Gasteiger partial charge in [0.05, 0.1) is 11.4 Å². The van der Waals surface area contributed by atoms with Crippen molar-refractivity contribution in [1.82, 2.24) is 19.2 Å². The number of fused-ring (bicyclic) bond motifs is 1. The number of nitrogens with two attached hydrogens (primary N) is 1. The Morgan fingerprint density at radius 2 is 1.95 bits per heavy atom. The van der Waals surface area contributed by atoms with Crippen LogP contribution in [-0.4, -0.2) is 19.2 Å². The van der Waals surface area contributed by atoms with Gasteiger partial charge in [-0.25, -0.2) is 4.98 Å². The third-order valence-electron chi connectivity index (χ3n) is 3.52. The summed E-state index contributed by atoms with van der Waals surface area (Å²) in [6, 6.07) is 8.21. The molecule has 0 saturated carbocycles. The van der Waals surface area contributed by atoms with E-state index >= 15 is 0 Å². The number of aromatic nitrogens is 4. The predicted octanol–water partition coefficient (Wildman–Crippen LogP) is 1.81. The largest absolute Gasteiger partial charge is 0.325 e. The third-order valence-corrected chi connectivity index (χ3v) is 3.52. The molecule has 0 aliphatic rings. The first-order valence-electron chi connectivity index (χ1n) is 6.30. The number of nitrogens with zero attached hydrogens (tertiary/aromatic N) is 4. The normalized spacial score (nSPS) is 11.4. The van der Waals surface area contributed by atoms with Crippen LogP contribution in [0.5, 0.6) is 0 Å². The standard InChI is InChI=1S/C14H17N5/c1-9-6-4-5-7-11(9)13-17-19-12(8-15)10(2)16-14(19)18(13)3/h4-7H,8,15H2,1-3H3. The molecule has 0 aliphatic carbocycles. The SMILES string of the molecule is Cc1ccccc1-c1nn2c(CN)c(C)nc2n1C. The molecule has 2 N–H and O–H groups in total. The maximum atomic E-state index is 5.78. The van der Waals surface area contributed by atoms with Crippen molar-refractivity contribution >= 4 is 5.78 Å². The van der Waals surface area contributed by atoms with Crippen molar-refractivity contribution in [2.45, 2.75) is 20.4 Å². The Balaban J connectivity index is 2.30. The summed E-state index contributed by atoms with van der Waals surface area (Å²) >= 11 is 0. The fourth-order valence-electron chi connectivity index (χ4n) is 2.41. The van der Waals surface area contributed by atoms with Gasteiger partial charge in [0.25, 0.3) is 0 Å². The first kappa shape index (κ1) is 11.9. The molecule has 0 bridgehead atoms. The zero-order chi connectivity index (χ0) is 13.6. The van der Waals surface area contributed by atoms with Crippen LogP contribution in [0.2, 0.25) is 0 Å². The predicted molar refractivity (Wildman–Crippen MR) is 74.8 cm³/mol. The Morgan fingerprint density at radius 1 is 1.21 bits per heavy atom. The van der Waals surface area contributed by atoms with Crippen molar-refractivity contribution in [3.8, 4) is 11.4 Å². The molecule has 2 heterocycles. The second-order valence-electron chi connectivity index (χ2n) is 4.76. The number of benzene rings is 1. The molecular weight excluding hydrogens is 238 g/mol. The second kappa shape index (κ2) is 4.20. The molecular formula is C14H17N5. The van der Waals surface area contributed by atoms with Gasteiger partial charge >= 0.3 is 0 Å². The third kappa shape index (κ3) is 1.66. The van der Waals surface area contributed by atoms with Gasteiger partial charge in [-0.2, -0.15) is 4.52 Å². The van der Waals surface area contributed by atoms with Crippen molar-refractivity contribution in [2.24, 2.45) is 12.8 Å². The van der Waals surface area contributed by atoms with E-state index < -0.39 is 0 Å². The maximum Gasteiger partial charge on any atom is 0.232 e. The van der Waals surface area contributed by atoms with Crippen LogP contribution >= 0.6 is 0 Å². The summed E-state index contributed by atoms with van der Waals surface area (Å²) in [7, 11) is 1.98. The highest BCUT2D eigenvalue weighted by atomic mass is 15.4. The van der Waals surface area contributed by atoms with E-state index in [0.717, 1.165) is 28.6 Å². The van der Waals surface area contributed by atoms with Gasteiger partial charge in [-0.1, -0.05) is 24.3 Å². The van der Waals surface area contributed by atoms with E-state index in [1.165, 1.54) is 5.56 Å². The van der Waals surface area contributed by atoms with Gasteiger partial charge in [0, 0.05) is 19.2 Å². The molecule has 0 fully saturated rings. The molecule has 3 aromatic rings. The topological polar surface area (TPSA) is 61.1 Å². The summed E-state index contributed by atoms with van der Waals surface area (Å²) in [5.41, 5.74) is 10.0. The fourth-order valence-corrected chi connectivity index (χ4v) is 2.41. The van der Waals surface area contributed by atoms with Gasteiger partial charge in [-0.05, 0) is 19.4 Å². The highest BCUT2D eigenvalue weighted by Crippen LogP contribution is 2.23. The number of imidazole rings is 1. The highest BCUT2D eigenvalue weighted by Gasteiger charge is 2.17. The number of rotatable bonds is 2. The summed E-state index contributed by atoms with van der Waals surface area (Å²) < 4.78 is 3.85. The van der Waals surface area contributed by atoms with E-state index in [1.807, 2.05) is 35.2 Å². The van der Waals surface area contributed by atoms with E-state index in [2.05, 4.69) is 29.1 Å². The number of hydrogen-bond donors (Lipinski definition) is 1. The monoisotopic (exact) mass is 255 g/mol. The van der Waals surface area contributed by atoms with Gasteiger partial charge in [0.1, 0.15) is 0 Å². The molecule has 0 aliphatic heterocycles. The molecule has 2 aromatic heterocycles. The maximum absolute atomic E-state index is 5.78. The zero-order valence-electron chi connectivity index (χ0n) is 11.4. The molecule has 1 aromatic carbocycles. The Kier molecular flexibility index (Phi) is 2.64. The first-order valence-corrected chi connectivity index (χ1v) is 6.30. The first-order chi connectivity index (χ1) is 9.13. The van der Waals surface area contributed by atoms with Gasteiger partial charge in [0.2, 0.25) is 5.78 Å². The molecule has 5 heteroatoms. The molecule has 3 rings (SSSR count). The van der Waals surface area contributed by atoms with Crippen molar-refractivity contribution in [1.29, 1.82) is 0 Å². The smallest absolute Gasteiger partial charge is 0.232 e. The molecule has 98 valence electrons. The molecule has 0 unspecified atom stereocenters. The average Bonchev–Trinajstić information content (AvgIpc) is 2.87. The lowest BCUT2D eigenvalue weighted by atomic mass is 10.1. The van der Waals surface area contributed by atoms with Gasteiger partial charge in [-0.15, -0.1) is 5.10 Å². The molecule has 19 heavy (non-hydrogen) atoms. The fraction of sp³-hybridized carbons (Fsp3) is 0.286. The molecule has 5 nitrogen and oxygen atoms in total. The van der Waals surface area contributed by atoms with Gasteiger partial charge in [0.15, 0.2) is 5.82 Å². The molecule has 0 amide bonds. The lowest BCUT2D eigenvalue weighted by molar-refractivity contribution is 0.859. The van der Waals surface area contributed by atoms with E-state index in [-0.39, 0.29) is 0 Å². The van der Waals surface area contributed by atoms with E-state index in [9.17, 15) is 0 Å². The summed E-state index contributed by atoms with van der Waals surface area (Å²) in [6.07, 6.45) is 0. The number of hydrogen-bond acceptors (Lipinski definition) is 3. The lowest BCUT2D eigenvalue weighted by Gasteiger charge is -2.04. The molecule has 0 saturated heterocycles. The Morgan fingerprint density at radius 3 is 2.63 bits per heavy atom. The Bertz CT molecular complexity index is 751. The highest BCUT2D eigenvalue weighted by molar-refractivity contribution is 5.62. The van der Waals surface area contributed by atoms with Crippen LogP contribution in [0, 0.1) is 13.8 Å². The van der Waals surface area contributed by atoms with Crippen molar-refractivity contribution in [3.63, 3.8) is 0 Å². The number of aryl methyl sites for hydroxylation is 3. The zero-order valence-corrected chi connectivity index (χ0v) is 11.4. The molecule has 0 spiro atoms. The van der Waals surface area contributed by atoms with Crippen molar-refractivity contribution < 1.29 is 0 Å². The van der Waals surface area contributed by atoms with Crippen LogP contribution in [0.1, 0.15) is 17.0 Å². The van der Waals surface area contributed by atoms with Gasteiger partial charge < -0.3 is 5.73 Å². The van der Waals surface area contributed by atoms with E-state index in [1.54, 1.807) is 0 Å². The minimum absolute atomic E-state index is 0.442. The minimum Gasteiger partial charge on any atom is -0.325 e. The summed E-state index contributed by atoms with van der Waals surface area (Å²) in [5.74, 6) is 1.74. The Labute approximate surface area is 111 Å². The summed E-state index contributed by atoms with van der Waals surface area (Å²) in [6.45, 7) is 4.49. The van der Waals surface area contributed by atoms with Crippen LogP contribution in [-0.2, 0) is 13.6 Å².